The lowest BCUT2D eigenvalue weighted by molar-refractivity contribution is -0.219. The molecule has 1 radical (unpaired) electrons. The zero-order chi connectivity index (χ0) is 29.3. The number of esters is 1. The summed E-state index contributed by atoms with van der Waals surface area (Å²) in [5, 5.41) is 30.2. The number of amides is 1. The smallest absolute Gasteiger partial charge is 0.306 e. The van der Waals surface area contributed by atoms with E-state index in [-0.39, 0.29) is 43.4 Å². The first-order chi connectivity index (χ1) is 19.1. The summed E-state index contributed by atoms with van der Waals surface area (Å²) >= 11 is 0. The maximum atomic E-state index is 12.4. The summed E-state index contributed by atoms with van der Waals surface area (Å²) < 4.78 is 16.8. The fourth-order valence-corrected chi connectivity index (χ4v) is 5.08. The minimum atomic E-state index is -1.38. The summed E-state index contributed by atoms with van der Waals surface area (Å²) in [7, 11) is 1.72. The van der Waals surface area contributed by atoms with Crippen LogP contribution in [-0.2, 0) is 23.8 Å². The lowest BCUT2D eigenvalue weighted by Gasteiger charge is -2.54. The molecule has 0 aromatic carbocycles. The number of nitroso groups, excluding NO2 is 1. The fraction of sp³-hybridized carbons (Fsp3) is 0.692. The summed E-state index contributed by atoms with van der Waals surface area (Å²) in [5.74, 6) is -1.44. The van der Waals surface area contributed by atoms with Crippen LogP contribution in [0.3, 0.4) is 0 Å². The van der Waals surface area contributed by atoms with E-state index in [0.717, 1.165) is 12.0 Å². The van der Waals surface area contributed by atoms with Gasteiger partial charge in [-0.3, -0.25) is 9.59 Å². The molecule has 0 aromatic heterocycles. The summed E-state index contributed by atoms with van der Waals surface area (Å²) in [6, 6.07) is -1.20. The van der Waals surface area contributed by atoms with Gasteiger partial charge < -0.3 is 29.7 Å². The highest BCUT2D eigenvalue weighted by Crippen LogP contribution is 2.49. The van der Waals surface area contributed by atoms with Crippen molar-refractivity contribution < 1.29 is 34.0 Å². The Balaban J connectivity index is 1.47. The van der Waals surface area contributed by atoms with Crippen molar-refractivity contribution >= 4 is 19.2 Å². The van der Waals surface area contributed by atoms with Crippen LogP contribution in [0.15, 0.2) is 46.2 Å². The number of nitrogens with zero attached hydrogens (tertiary/aromatic N) is 4. The van der Waals surface area contributed by atoms with Crippen molar-refractivity contribution in [2.45, 2.75) is 107 Å². The Labute approximate surface area is 233 Å². The quantitative estimate of drug-likeness (QED) is 0.0475. The molecular weight excluding hydrogens is 521 g/mol. The van der Waals surface area contributed by atoms with Crippen molar-refractivity contribution in [2.24, 2.45) is 10.3 Å². The zero-order valence-corrected chi connectivity index (χ0v) is 23.0. The van der Waals surface area contributed by atoms with Crippen LogP contribution in [0.2, 0.25) is 12.1 Å². The number of allylic oxidation sites excluding steroid dienone is 2. The van der Waals surface area contributed by atoms with Gasteiger partial charge in [0.15, 0.2) is 6.29 Å². The van der Waals surface area contributed by atoms with Crippen LogP contribution >= 0.6 is 0 Å². The van der Waals surface area contributed by atoms with Gasteiger partial charge in [0, 0.05) is 23.2 Å². The first-order valence-corrected chi connectivity index (χ1v) is 13.5. The second kappa shape index (κ2) is 14.6. The Morgan fingerprint density at radius 2 is 2.10 bits per heavy atom. The van der Waals surface area contributed by atoms with Crippen molar-refractivity contribution in [3.8, 4) is 0 Å². The van der Waals surface area contributed by atoms with Crippen molar-refractivity contribution in [1.29, 1.82) is 0 Å². The highest BCUT2D eigenvalue weighted by molar-refractivity contribution is 6.43. The first-order valence-electron chi connectivity index (χ1n) is 13.5. The number of carbonyl (C=O) groups is 2. The second-order valence-corrected chi connectivity index (χ2v) is 10.4. The highest BCUT2D eigenvalue weighted by atomic mass is 16.6. The van der Waals surface area contributed by atoms with Gasteiger partial charge in [0.1, 0.15) is 25.5 Å². The SMILES string of the molecule is CCC(=O)OC(/C=C\C(=O)NC1CCC(C/C=C(C)/C=C/C2OC(O)C3[B]CC3(O)C2N=O)OC1C)CN=[N+]=[N-]. The minimum absolute atomic E-state index is 0.0483. The van der Waals surface area contributed by atoms with E-state index in [1.807, 2.05) is 19.9 Å². The molecule has 14 heteroatoms. The van der Waals surface area contributed by atoms with Gasteiger partial charge >= 0.3 is 5.97 Å². The molecule has 3 aliphatic rings. The molecule has 217 valence electrons. The van der Waals surface area contributed by atoms with Gasteiger partial charge in [0.05, 0.1) is 30.4 Å². The molecule has 40 heavy (non-hydrogen) atoms. The molecule has 0 spiro atoms. The second-order valence-electron chi connectivity index (χ2n) is 10.4. The van der Waals surface area contributed by atoms with Crippen LogP contribution < -0.4 is 5.32 Å². The van der Waals surface area contributed by atoms with E-state index in [0.29, 0.717) is 12.8 Å². The van der Waals surface area contributed by atoms with E-state index in [9.17, 15) is 24.7 Å². The standard InChI is InChI=1S/C26H37BN5O8/c1-4-22(34)39-18(13-29-32-28)9-12-21(33)30-19-10-8-17(38-16(19)3)7-5-15(2)6-11-20-24(31-37)26(36)14-27-23(26)25(35)40-20/h5-6,9,11-12,16-20,23-25,35-36H,4,7-8,10,13-14H2,1-3H3,(H,30,33)/b11-6+,12-9-,15-5+. The zero-order valence-electron chi connectivity index (χ0n) is 23.0. The summed E-state index contributed by atoms with van der Waals surface area (Å²) in [4.78, 5) is 38.0. The van der Waals surface area contributed by atoms with E-state index < -0.39 is 41.9 Å². The number of fused-ring (bicyclic) bond motifs is 1. The molecule has 0 saturated carbocycles. The Morgan fingerprint density at radius 1 is 1.32 bits per heavy atom. The maximum absolute atomic E-state index is 12.4. The molecule has 3 rings (SSSR count). The van der Waals surface area contributed by atoms with E-state index >= 15 is 0 Å². The van der Waals surface area contributed by atoms with Gasteiger partial charge in [-0.1, -0.05) is 41.0 Å². The maximum Gasteiger partial charge on any atom is 0.306 e. The number of aliphatic hydroxyl groups excluding tert-OH is 1. The first kappa shape index (κ1) is 31.5. The van der Waals surface area contributed by atoms with Gasteiger partial charge in [-0.15, -0.1) is 0 Å². The van der Waals surface area contributed by atoms with Gasteiger partial charge in [-0.25, -0.2) is 0 Å². The van der Waals surface area contributed by atoms with Gasteiger partial charge in [-0.2, -0.15) is 4.91 Å². The fourth-order valence-electron chi connectivity index (χ4n) is 5.08. The number of hydrogen-bond donors (Lipinski definition) is 3. The monoisotopic (exact) mass is 558 g/mol. The topological polar surface area (TPSA) is 193 Å². The van der Waals surface area contributed by atoms with Gasteiger partial charge in [-0.05, 0) is 51.0 Å². The molecule has 9 unspecified atom stereocenters. The summed E-state index contributed by atoms with van der Waals surface area (Å²) in [6.07, 6.45) is 7.45. The molecular formula is C26H37BN5O8. The normalized spacial score (nSPS) is 34.6. The number of rotatable bonds is 12. The third-order valence-electron chi connectivity index (χ3n) is 7.53. The van der Waals surface area contributed by atoms with E-state index in [4.69, 9.17) is 19.7 Å². The molecule has 0 bridgehead atoms. The minimum Gasteiger partial charge on any atom is -0.458 e. The molecule has 3 saturated heterocycles. The summed E-state index contributed by atoms with van der Waals surface area (Å²) in [6.45, 7) is 5.31. The Kier molecular flexibility index (Phi) is 11.5. The number of carbonyl (C=O) groups excluding carboxylic acids is 2. The Bertz CT molecular complexity index is 1060. The number of azide groups is 1. The van der Waals surface area contributed by atoms with Crippen LogP contribution in [0.4, 0.5) is 0 Å². The van der Waals surface area contributed by atoms with Crippen LogP contribution in [-0.4, -0.2) is 84.3 Å². The lowest BCUT2D eigenvalue weighted by Crippen LogP contribution is -2.67. The molecule has 3 fully saturated rings. The van der Waals surface area contributed by atoms with Crippen LogP contribution in [0.5, 0.6) is 0 Å². The van der Waals surface area contributed by atoms with Crippen molar-refractivity contribution in [2.75, 3.05) is 6.54 Å². The van der Waals surface area contributed by atoms with E-state index in [1.165, 1.54) is 12.2 Å². The molecule has 3 heterocycles. The highest BCUT2D eigenvalue weighted by Gasteiger charge is 2.61. The third kappa shape index (κ3) is 8.01. The van der Waals surface area contributed by atoms with Gasteiger partial charge in [0.25, 0.3) is 0 Å². The predicted molar refractivity (Wildman–Crippen MR) is 146 cm³/mol. The molecule has 9 atom stereocenters. The van der Waals surface area contributed by atoms with E-state index in [1.54, 1.807) is 26.4 Å². The third-order valence-corrected chi connectivity index (χ3v) is 7.53. The molecule has 0 aromatic rings. The van der Waals surface area contributed by atoms with Crippen LogP contribution in [0.25, 0.3) is 10.4 Å². The predicted octanol–water partition coefficient (Wildman–Crippen LogP) is 2.63. The van der Waals surface area contributed by atoms with Crippen molar-refractivity contribution in [3.63, 3.8) is 0 Å². The van der Waals surface area contributed by atoms with Crippen molar-refractivity contribution in [1.82, 2.24) is 5.32 Å². The number of ether oxygens (including phenoxy) is 3. The number of hydrogen-bond acceptors (Lipinski definition) is 10. The van der Waals surface area contributed by atoms with Crippen LogP contribution in [0, 0.1) is 4.91 Å². The lowest BCUT2D eigenvalue weighted by atomic mass is 9.37. The molecule has 0 aliphatic carbocycles. The molecule has 3 aliphatic heterocycles. The number of nitrogens with one attached hydrogen (secondary N) is 1. The average Bonchev–Trinajstić information content (AvgIpc) is 2.92. The largest absolute Gasteiger partial charge is 0.458 e. The van der Waals surface area contributed by atoms with Gasteiger partial charge in [0.2, 0.25) is 5.91 Å². The summed E-state index contributed by atoms with van der Waals surface area (Å²) in [5.41, 5.74) is 8.03. The molecule has 13 nitrogen and oxygen atoms in total. The van der Waals surface area contributed by atoms with Crippen molar-refractivity contribution in [3.05, 3.63) is 51.3 Å². The molecule has 1 amide bonds. The Morgan fingerprint density at radius 3 is 2.73 bits per heavy atom. The molecule has 3 N–H and O–H groups in total. The van der Waals surface area contributed by atoms with E-state index in [2.05, 4.69) is 20.5 Å². The average molecular weight is 558 g/mol. The number of aliphatic hydroxyl groups is 2. The Hall–Kier alpha value is -3.03. The van der Waals surface area contributed by atoms with Crippen LogP contribution in [0.1, 0.15) is 46.5 Å².